The summed E-state index contributed by atoms with van der Waals surface area (Å²) in [6.45, 7) is 5.98. The Morgan fingerprint density at radius 1 is 1.17 bits per heavy atom. The second kappa shape index (κ2) is 6.57. The summed E-state index contributed by atoms with van der Waals surface area (Å²) in [5.41, 5.74) is 1.41. The van der Waals surface area contributed by atoms with E-state index in [0.717, 1.165) is 44.9 Å². The molecule has 128 valence electrons. The number of amides is 1. The molecule has 2 heterocycles. The number of nitrogens with one attached hydrogen (secondary N) is 1. The third-order valence-corrected chi connectivity index (χ3v) is 5.27. The highest BCUT2D eigenvalue weighted by atomic mass is 16.5. The largest absolute Gasteiger partial charge is 0.379 e. The van der Waals surface area contributed by atoms with Crippen LogP contribution in [0.1, 0.15) is 12.8 Å². The van der Waals surface area contributed by atoms with Crippen molar-refractivity contribution in [3.05, 3.63) is 36.5 Å². The maximum Gasteiger partial charge on any atom is 0.239 e. The molecule has 1 saturated heterocycles. The Kier molecular flexibility index (Phi) is 4.29. The number of morpholine rings is 1. The zero-order valence-electron chi connectivity index (χ0n) is 14.0. The Bertz CT molecular complexity index is 714. The normalized spacial score (nSPS) is 20.2. The molecule has 5 nitrogen and oxygen atoms in total. The lowest BCUT2D eigenvalue weighted by Crippen LogP contribution is -2.43. The molecule has 0 spiro atoms. The molecule has 1 aromatic carbocycles. The van der Waals surface area contributed by atoms with Crippen molar-refractivity contribution in [2.24, 2.45) is 5.41 Å². The Morgan fingerprint density at radius 3 is 2.75 bits per heavy atom. The smallest absolute Gasteiger partial charge is 0.239 e. The Morgan fingerprint density at radius 2 is 1.96 bits per heavy atom. The van der Waals surface area contributed by atoms with Gasteiger partial charge in [0.25, 0.3) is 0 Å². The van der Waals surface area contributed by atoms with Crippen molar-refractivity contribution in [3.8, 4) is 0 Å². The van der Waals surface area contributed by atoms with Crippen LogP contribution in [0.3, 0.4) is 0 Å². The fourth-order valence-electron chi connectivity index (χ4n) is 3.58. The Balaban J connectivity index is 1.30. The van der Waals surface area contributed by atoms with Crippen molar-refractivity contribution in [2.75, 3.05) is 39.4 Å². The van der Waals surface area contributed by atoms with Gasteiger partial charge in [-0.05, 0) is 30.4 Å². The number of carbonyl (C=O) groups excluding carboxylic acids is 1. The summed E-state index contributed by atoms with van der Waals surface area (Å²) in [6.07, 6.45) is 4.43. The van der Waals surface area contributed by atoms with Gasteiger partial charge >= 0.3 is 0 Å². The van der Waals surface area contributed by atoms with E-state index in [0.29, 0.717) is 12.0 Å². The van der Waals surface area contributed by atoms with Gasteiger partial charge < -0.3 is 14.6 Å². The number of fused-ring (bicyclic) bond motifs is 1. The van der Waals surface area contributed by atoms with Gasteiger partial charge in [0, 0.05) is 43.3 Å². The van der Waals surface area contributed by atoms with E-state index in [-0.39, 0.29) is 5.91 Å². The minimum Gasteiger partial charge on any atom is -0.379 e. The number of benzene rings is 1. The first-order valence-corrected chi connectivity index (χ1v) is 8.85. The monoisotopic (exact) mass is 327 g/mol. The topological polar surface area (TPSA) is 46.5 Å². The summed E-state index contributed by atoms with van der Waals surface area (Å²) in [5, 5.41) is 4.34. The van der Waals surface area contributed by atoms with Gasteiger partial charge in [0.05, 0.1) is 13.2 Å². The van der Waals surface area contributed by atoms with E-state index in [1.54, 1.807) is 0 Å². The Hall–Kier alpha value is -1.85. The van der Waals surface area contributed by atoms with Gasteiger partial charge in [0.1, 0.15) is 6.54 Å². The maximum atomic E-state index is 12.4. The second-order valence-corrected chi connectivity index (χ2v) is 7.17. The number of hydrogen-bond acceptors (Lipinski definition) is 3. The van der Waals surface area contributed by atoms with Crippen LogP contribution in [-0.4, -0.2) is 54.8 Å². The van der Waals surface area contributed by atoms with E-state index in [9.17, 15) is 4.79 Å². The van der Waals surface area contributed by atoms with Crippen LogP contribution in [0.2, 0.25) is 0 Å². The van der Waals surface area contributed by atoms with Crippen molar-refractivity contribution in [2.45, 2.75) is 19.4 Å². The Labute approximate surface area is 142 Å². The molecule has 24 heavy (non-hydrogen) atoms. The third kappa shape index (κ3) is 3.47. The number of rotatable bonds is 6. The molecule has 1 aromatic heterocycles. The summed E-state index contributed by atoms with van der Waals surface area (Å²) >= 11 is 0. The van der Waals surface area contributed by atoms with Gasteiger partial charge in [0.2, 0.25) is 5.91 Å². The van der Waals surface area contributed by atoms with Crippen LogP contribution in [-0.2, 0) is 16.1 Å². The standard InChI is InChI=1S/C19H25N3O2/c23-18(13-22-8-5-16-3-1-2-4-17(16)22)20-14-19(6-7-19)15-21-9-11-24-12-10-21/h1-5,8H,6-7,9-15H2,(H,20,23). The molecular formula is C19H25N3O2. The van der Waals surface area contributed by atoms with E-state index in [4.69, 9.17) is 4.74 Å². The average Bonchev–Trinajstić information content (AvgIpc) is 3.26. The number of para-hydroxylation sites is 1. The van der Waals surface area contributed by atoms with Crippen LogP contribution < -0.4 is 5.32 Å². The molecule has 2 aliphatic rings. The van der Waals surface area contributed by atoms with E-state index in [1.807, 2.05) is 22.9 Å². The minimum absolute atomic E-state index is 0.101. The maximum absolute atomic E-state index is 12.4. The van der Waals surface area contributed by atoms with Crippen molar-refractivity contribution in [1.29, 1.82) is 0 Å². The van der Waals surface area contributed by atoms with Gasteiger partial charge in [-0.15, -0.1) is 0 Å². The van der Waals surface area contributed by atoms with E-state index in [2.05, 4.69) is 28.4 Å². The quantitative estimate of drug-likeness (QED) is 0.881. The molecule has 0 unspecified atom stereocenters. The van der Waals surface area contributed by atoms with Crippen LogP contribution in [0.15, 0.2) is 36.5 Å². The lowest BCUT2D eigenvalue weighted by atomic mass is 10.1. The number of aromatic nitrogens is 1. The predicted molar refractivity (Wildman–Crippen MR) is 93.9 cm³/mol. The van der Waals surface area contributed by atoms with Gasteiger partial charge in [-0.1, -0.05) is 18.2 Å². The molecule has 1 aliphatic heterocycles. The molecule has 1 aliphatic carbocycles. The first-order valence-electron chi connectivity index (χ1n) is 8.85. The summed E-state index contributed by atoms with van der Waals surface area (Å²) in [6, 6.07) is 10.2. The highest BCUT2D eigenvalue weighted by Crippen LogP contribution is 2.45. The van der Waals surface area contributed by atoms with Gasteiger partial charge in [0.15, 0.2) is 0 Å². The summed E-state index contributed by atoms with van der Waals surface area (Å²) in [5.74, 6) is 0.101. The first-order chi connectivity index (χ1) is 11.7. The fraction of sp³-hybridized carbons (Fsp3) is 0.526. The molecule has 0 radical (unpaired) electrons. The number of nitrogens with zero attached hydrogens (tertiary/aromatic N) is 2. The molecule has 0 bridgehead atoms. The molecular weight excluding hydrogens is 302 g/mol. The highest BCUT2D eigenvalue weighted by molar-refractivity contribution is 5.83. The summed E-state index contributed by atoms with van der Waals surface area (Å²) < 4.78 is 7.43. The van der Waals surface area contributed by atoms with E-state index in [1.165, 1.54) is 18.2 Å². The van der Waals surface area contributed by atoms with Crippen LogP contribution >= 0.6 is 0 Å². The number of carbonyl (C=O) groups is 1. The average molecular weight is 327 g/mol. The molecule has 4 rings (SSSR count). The molecule has 1 N–H and O–H groups in total. The lowest BCUT2D eigenvalue weighted by molar-refractivity contribution is -0.121. The van der Waals surface area contributed by atoms with Crippen LogP contribution in [0, 0.1) is 5.41 Å². The molecule has 1 amide bonds. The highest BCUT2D eigenvalue weighted by Gasteiger charge is 2.44. The molecule has 2 aromatic rings. The molecule has 1 saturated carbocycles. The molecule has 2 fully saturated rings. The molecule has 0 atom stereocenters. The van der Waals surface area contributed by atoms with Gasteiger partial charge in [-0.25, -0.2) is 0 Å². The van der Waals surface area contributed by atoms with Gasteiger partial charge in [-0.3, -0.25) is 9.69 Å². The van der Waals surface area contributed by atoms with Crippen molar-refractivity contribution < 1.29 is 9.53 Å². The molecule has 5 heteroatoms. The van der Waals surface area contributed by atoms with Crippen molar-refractivity contribution in [3.63, 3.8) is 0 Å². The van der Waals surface area contributed by atoms with Gasteiger partial charge in [-0.2, -0.15) is 0 Å². The minimum atomic E-state index is 0.101. The number of hydrogen-bond donors (Lipinski definition) is 1. The first kappa shape index (κ1) is 15.7. The fourth-order valence-corrected chi connectivity index (χ4v) is 3.58. The van der Waals surface area contributed by atoms with Crippen molar-refractivity contribution in [1.82, 2.24) is 14.8 Å². The number of ether oxygens (including phenoxy) is 1. The predicted octanol–water partition coefficient (Wildman–Crippen LogP) is 1.87. The second-order valence-electron chi connectivity index (χ2n) is 7.17. The van der Waals surface area contributed by atoms with Crippen molar-refractivity contribution >= 4 is 16.8 Å². The van der Waals surface area contributed by atoms with E-state index >= 15 is 0 Å². The SMILES string of the molecule is O=C(Cn1ccc2ccccc21)NCC1(CN2CCOCC2)CC1. The van der Waals surface area contributed by atoms with Crippen LogP contribution in [0.25, 0.3) is 10.9 Å². The third-order valence-electron chi connectivity index (χ3n) is 5.27. The van der Waals surface area contributed by atoms with Crippen LogP contribution in [0.5, 0.6) is 0 Å². The van der Waals surface area contributed by atoms with Crippen LogP contribution in [0.4, 0.5) is 0 Å². The summed E-state index contributed by atoms with van der Waals surface area (Å²) in [7, 11) is 0. The summed E-state index contributed by atoms with van der Waals surface area (Å²) in [4.78, 5) is 14.8. The van der Waals surface area contributed by atoms with E-state index < -0.39 is 0 Å². The zero-order valence-corrected chi connectivity index (χ0v) is 14.0. The zero-order chi connectivity index (χ0) is 16.4. The lowest BCUT2D eigenvalue weighted by Gasteiger charge is -2.30.